The first-order chi connectivity index (χ1) is 16.4. The summed E-state index contributed by atoms with van der Waals surface area (Å²) in [5, 5.41) is 14.6. The standard InChI is InChI=1S/C26H30N2O6/c1-16(10-11-23(29)28-22-12-13-33-24(22)25(30)31)14-27-26(32)34-15-21-19-8-4-2-6-17(19)18-7-3-5-9-20(18)21/h2-9,16,21-22,24H,10-15H2,1H3,(H,27,32)(H,28,29)(H,30,31)/t16?,22-,24+/m0/s1. The van der Waals surface area contributed by atoms with Crippen LogP contribution in [0, 0.1) is 5.92 Å². The lowest BCUT2D eigenvalue weighted by atomic mass is 9.98. The van der Waals surface area contributed by atoms with Crippen molar-refractivity contribution in [2.24, 2.45) is 5.92 Å². The molecule has 0 bridgehead atoms. The minimum absolute atomic E-state index is 0.00784. The smallest absolute Gasteiger partial charge is 0.407 e. The molecule has 2 aromatic rings. The van der Waals surface area contributed by atoms with Crippen LogP contribution < -0.4 is 10.6 Å². The molecule has 3 N–H and O–H groups in total. The molecule has 3 atom stereocenters. The number of carboxylic acids is 1. The van der Waals surface area contributed by atoms with Gasteiger partial charge in [0.15, 0.2) is 6.10 Å². The van der Waals surface area contributed by atoms with Crippen LogP contribution in [0.15, 0.2) is 48.5 Å². The van der Waals surface area contributed by atoms with E-state index in [1.54, 1.807) is 0 Å². The molecule has 180 valence electrons. The fraction of sp³-hybridized carbons (Fsp3) is 0.423. The summed E-state index contributed by atoms with van der Waals surface area (Å²) < 4.78 is 10.7. The molecular weight excluding hydrogens is 436 g/mol. The predicted octanol–water partition coefficient (Wildman–Crippen LogP) is 3.30. The number of ether oxygens (including phenoxy) is 2. The van der Waals surface area contributed by atoms with E-state index in [-0.39, 0.29) is 30.8 Å². The Balaban J connectivity index is 1.19. The monoisotopic (exact) mass is 466 g/mol. The lowest BCUT2D eigenvalue weighted by Gasteiger charge is -2.18. The fourth-order valence-corrected chi connectivity index (χ4v) is 4.65. The molecule has 1 heterocycles. The number of fused-ring (bicyclic) bond motifs is 3. The van der Waals surface area contributed by atoms with Crippen LogP contribution in [0.3, 0.4) is 0 Å². The van der Waals surface area contributed by atoms with Crippen LogP contribution in [0.4, 0.5) is 4.79 Å². The van der Waals surface area contributed by atoms with Crippen LogP contribution in [0.1, 0.15) is 43.2 Å². The van der Waals surface area contributed by atoms with Crippen molar-refractivity contribution in [3.63, 3.8) is 0 Å². The summed E-state index contributed by atoms with van der Waals surface area (Å²) in [6.45, 7) is 2.90. The van der Waals surface area contributed by atoms with E-state index in [0.29, 0.717) is 26.0 Å². The second-order valence-electron chi connectivity index (χ2n) is 8.94. The maximum atomic E-state index is 12.3. The molecule has 2 aromatic carbocycles. The summed E-state index contributed by atoms with van der Waals surface area (Å²) in [6, 6.07) is 15.9. The van der Waals surface area contributed by atoms with E-state index in [4.69, 9.17) is 14.6 Å². The zero-order valence-corrected chi connectivity index (χ0v) is 19.2. The molecule has 0 saturated carbocycles. The molecule has 1 fully saturated rings. The summed E-state index contributed by atoms with van der Waals surface area (Å²) in [4.78, 5) is 35.6. The minimum Gasteiger partial charge on any atom is -0.479 e. The third-order valence-electron chi connectivity index (χ3n) is 6.48. The second kappa shape index (κ2) is 10.7. The third-order valence-corrected chi connectivity index (χ3v) is 6.48. The van der Waals surface area contributed by atoms with Gasteiger partial charge in [0.1, 0.15) is 6.61 Å². The Bertz CT molecular complexity index is 1010. The van der Waals surface area contributed by atoms with Crippen molar-refractivity contribution < 1.29 is 29.0 Å². The highest BCUT2D eigenvalue weighted by Gasteiger charge is 2.35. The topological polar surface area (TPSA) is 114 Å². The van der Waals surface area contributed by atoms with Gasteiger partial charge in [0.05, 0.1) is 6.04 Å². The number of benzene rings is 2. The van der Waals surface area contributed by atoms with Crippen LogP contribution in [-0.4, -0.2) is 55.0 Å². The number of amides is 2. The van der Waals surface area contributed by atoms with Crippen molar-refractivity contribution in [2.45, 2.75) is 44.2 Å². The Kier molecular flexibility index (Phi) is 7.47. The number of carboxylic acid groups (broad SMARTS) is 1. The van der Waals surface area contributed by atoms with E-state index in [9.17, 15) is 14.4 Å². The van der Waals surface area contributed by atoms with Gasteiger partial charge in [-0.3, -0.25) is 4.79 Å². The van der Waals surface area contributed by atoms with Crippen molar-refractivity contribution in [2.75, 3.05) is 19.8 Å². The largest absolute Gasteiger partial charge is 0.479 e. The molecule has 1 saturated heterocycles. The first-order valence-corrected chi connectivity index (χ1v) is 11.7. The zero-order chi connectivity index (χ0) is 24.1. The van der Waals surface area contributed by atoms with Crippen molar-refractivity contribution in [3.05, 3.63) is 59.7 Å². The van der Waals surface area contributed by atoms with Gasteiger partial charge < -0.3 is 25.2 Å². The van der Waals surface area contributed by atoms with Gasteiger partial charge >= 0.3 is 12.1 Å². The SMILES string of the molecule is CC(CCC(=O)N[C@H]1CCO[C@H]1C(=O)O)CNC(=O)OCC1c2ccccc2-c2ccccc21. The minimum atomic E-state index is -1.07. The average Bonchev–Trinajstić information content (AvgIpc) is 3.43. The molecule has 1 aliphatic carbocycles. The second-order valence-corrected chi connectivity index (χ2v) is 8.94. The van der Waals surface area contributed by atoms with Crippen molar-refractivity contribution in [1.82, 2.24) is 10.6 Å². The molecule has 1 unspecified atom stereocenters. The van der Waals surface area contributed by atoms with Crippen molar-refractivity contribution >= 4 is 18.0 Å². The van der Waals surface area contributed by atoms with Gasteiger partial charge in [0, 0.05) is 25.5 Å². The Morgan fingerprint density at radius 3 is 2.38 bits per heavy atom. The maximum Gasteiger partial charge on any atom is 0.407 e. The van der Waals surface area contributed by atoms with Crippen LogP contribution in [0.25, 0.3) is 11.1 Å². The molecular formula is C26H30N2O6. The van der Waals surface area contributed by atoms with E-state index in [1.807, 2.05) is 31.2 Å². The van der Waals surface area contributed by atoms with E-state index < -0.39 is 24.2 Å². The number of hydrogen-bond acceptors (Lipinski definition) is 5. The van der Waals surface area contributed by atoms with E-state index in [0.717, 1.165) is 11.1 Å². The Hall–Kier alpha value is -3.39. The van der Waals surface area contributed by atoms with Gasteiger partial charge in [-0.15, -0.1) is 0 Å². The molecule has 0 aromatic heterocycles. The molecule has 34 heavy (non-hydrogen) atoms. The van der Waals surface area contributed by atoms with E-state index >= 15 is 0 Å². The van der Waals surface area contributed by atoms with E-state index in [2.05, 4.69) is 34.9 Å². The quantitative estimate of drug-likeness (QED) is 0.523. The average molecular weight is 467 g/mol. The molecule has 0 radical (unpaired) electrons. The normalized spacial score (nSPS) is 19.7. The molecule has 1 aliphatic heterocycles. The Morgan fingerprint density at radius 2 is 1.74 bits per heavy atom. The lowest BCUT2D eigenvalue weighted by Crippen LogP contribution is -2.44. The summed E-state index contributed by atoms with van der Waals surface area (Å²) in [6.07, 6.45) is -0.180. The Morgan fingerprint density at radius 1 is 1.09 bits per heavy atom. The lowest BCUT2D eigenvalue weighted by molar-refractivity contribution is -0.148. The van der Waals surface area contributed by atoms with Gasteiger partial charge in [-0.1, -0.05) is 55.5 Å². The molecule has 2 aliphatic rings. The number of nitrogens with one attached hydrogen (secondary N) is 2. The van der Waals surface area contributed by atoms with Crippen LogP contribution in [-0.2, 0) is 19.1 Å². The number of alkyl carbamates (subject to hydrolysis) is 1. The number of rotatable bonds is 9. The fourth-order valence-electron chi connectivity index (χ4n) is 4.65. The summed E-state index contributed by atoms with van der Waals surface area (Å²) in [5.41, 5.74) is 4.68. The maximum absolute atomic E-state index is 12.3. The number of carbonyl (C=O) groups is 3. The third kappa shape index (κ3) is 5.39. The number of hydrogen-bond donors (Lipinski definition) is 3. The molecule has 4 rings (SSSR count). The number of carbonyl (C=O) groups excluding carboxylic acids is 2. The highest BCUT2D eigenvalue weighted by Crippen LogP contribution is 2.44. The zero-order valence-electron chi connectivity index (χ0n) is 19.2. The van der Waals surface area contributed by atoms with E-state index in [1.165, 1.54) is 11.1 Å². The first kappa shape index (κ1) is 23.8. The highest BCUT2D eigenvalue weighted by atomic mass is 16.5. The van der Waals surface area contributed by atoms with Gasteiger partial charge in [-0.25, -0.2) is 9.59 Å². The van der Waals surface area contributed by atoms with Crippen LogP contribution >= 0.6 is 0 Å². The number of aliphatic carboxylic acids is 1. The summed E-state index contributed by atoms with van der Waals surface area (Å²) >= 11 is 0. The summed E-state index contributed by atoms with van der Waals surface area (Å²) in [5.74, 6) is -1.21. The highest BCUT2D eigenvalue weighted by molar-refractivity contribution is 5.80. The van der Waals surface area contributed by atoms with Crippen LogP contribution in [0.5, 0.6) is 0 Å². The Labute approximate surface area is 198 Å². The first-order valence-electron chi connectivity index (χ1n) is 11.7. The van der Waals surface area contributed by atoms with Crippen LogP contribution in [0.2, 0.25) is 0 Å². The predicted molar refractivity (Wildman–Crippen MR) is 125 cm³/mol. The molecule has 0 spiro atoms. The van der Waals surface area contributed by atoms with Gasteiger partial charge in [0.2, 0.25) is 5.91 Å². The molecule has 8 heteroatoms. The van der Waals surface area contributed by atoms with Gasteiger partial charge in [-0.2, -0.15) is 0 Å². The van der Waals surface area contributed by atoms with Gasteiger partial charge in [0.25, 0.3) is 0 Å². The summed E-state index contributed by atoms with van der Waals surface area (Å²) in [7, 11) is 0. The molecule has 2 amide bonds. The van der Waals surface area contributed by atoms with Gasteiger partial charge in [-0.05, 0) is 41.0 Å². The molecule has 8 nitrogen and oxygen atoms in total. The van der Waals surface area contributed by atoms with Crippen molar-refractivity contribution in [3.8, 4) is 11.1 Å². The van der Waals surface area contributed by atoms with Crippen molar-refractivity contribution in [1.29, 1.82) is 0 Å².